The molecular weight excluding hydrogens is 256 g/mol. The van der Waals surface area contributed by atoms with Gasteiger partial charge in [0, 0.05) is 11.8 Å². The van der Waals surface area contributed by atoms with Gasteiger partial charge in [-0.25, -0.2) is 0 Å². The lowest BCUT2D eigenvalue weighted by Crippen LogP contribution is -1.98. The molecule has 0 aliphatic carbocycles. The van der Waals surface area contributed by atoms with Crippen molar-refractivity contribution < 1.29 is 19.1 Å². The van der Waals surface area contributed by atoms with Gasteiger partial charge in [-0.3, -0.25) is 4.79 Å². The first-order valence-electron chi connectivity index (χ1n) is 5.50. The molecule has 1 N–H and O–H groups in total. The van der Waals surface area contributed by atoms with Crippen LogP contribution in [0.4, 0.5) is 0 Å². The minimum atomic E-state index is -0.853. The number of rotatable bonds is 4. The van der Waals surface area contributed by atoms with Crippen LogP contribution < -0.4 is 4.74 Å². The number of methoxy groups -OCH3 is 1. The molecule has 2 aromatic rings. The maximum atomic E-state index is 10.6. The van der Waals surface area contributed by atoms with Gasteiger partial charge >= 0.3 is 5.97 Å². The fourth-order valence-electron chi connectivity index (χ4n) is 1.90. The van der Waals surface area contributed by atoms with Gasteiger partial charge < -0.3 is 14.3 Å². The summed E-state index contributed by atoms with van der Waals surface area (Å²) in [5.41, 5.74) is 1.35. The minimum absolute atomic E-state index is 0.0330. The second-order valence-corrected chi connectivity index (χ2v) is 4.42. The topological polar surface area (TPSA) is 59.7 Å². The number of benzene rings is 1. The first kappa shape index (κ1) is 12.8. The van der Waals surface area contributed by atoms with Gasteiger partial charge in [0.15, 0.2) is 11.3 Å². The van der Waals surface area contributed by atoms with Crippen molar-refractivity contribution in [2.45, 2.75) is 19.8 Å². The Bertz CT molecular complexity index is 601. The van der Waals surface area contributed by atoms with Crippen LogP contribution in [0.2, 0.25) is 5.02 Å². The van der Waals surface area contributed by atoms with Crippen LogP contribution in [0.1, 0.15) is 17.7 Å². The quantitative estimate of drug-likeness (QED) is 0.923. The van der Waals surface area contributed by atoms with Crippen molar-refractivity contribution >= 4 is 28.5 Å². The third kappa shape index (κ3) is 2.29. The molecule has 2 rings (SSSR count). The molecule has 1 heterocycles. The van der Waals surface area contributed by atoms with Crippen molar-refractivity contribution in [1.82, 2.24) is 0 Å². The molecule has 0 bridgehead atoms. The zero-order valence-corrected chi connectivity index (χ0v) is 10.9. The van der Waals surface area contributed by atoms with Gasteiger partial charge in [0.25, 0.3) is 0 Å². The van der Waals surface area contributed by atoms with Crippen molar-refractivity contribution in [1.29, 1.82) is 0 Å². The van der Waals surface area contributed by atoms with Crippen molar-refractivity contribution in [3.05, 3.63) is 28.5 Å². The zero-order valence-electron chi connectivity index (χ0n) is 10.1. The molecule has 0 saturated heterocycles. The predicted molar refractivity (Wildman–Crippen MR) is 68.5 cm³/mol. The molecule has 0 amide bonds. The highest BCUT2D eigenvalue weighted by atomic mass is 35.5. The first-order valence-corrected chi connectivity index (χ1v) is 5.88. The lowest BCUT2D eigenvalue weighted by atomic mass is 10.1. The molecule has 0 fully saturated rings. The summed E-state index contributed by atoms with van der Waals surface area (Å²) in [6.45, 7) is 1.83. The van der Waals surface area contributed by atoms with Crippen LogP contribution in [0.15, 0.2) is 16.5 Å². The summed E-state index contributed by atoms with van der Waals surface area (Å²) < 4.78 is 10.8. The van der Waals surface area contributed by atoms with Gasteiger partial charge in [0.2, 0.25) is 0 Å². The lowest BCUT2D eigenvalue weighted by molar-refractivity contribution is -0.136. The van der Waals surface area contributed by atoms with Crippen molar-refractivity contribution in [3.8, 4) is 5.75 Å². The van der Waals surface area contributed by atoms with E-state index in [0.29, 0.717) is 22.8 Å². The van der Waals surface area contributed by atoms with Gasteiger partial charge in [-0.15, -0.1) is 0 Å². The van der Waals surface area contributed by atoms with Gasteiger partial charge in [-0.2, -0.15) is 0 Å². The Kier molecular flexibility index (Phi) is 3.48. The summed E-state index contributed by atoms with van der Waals surface area (Å²) in [6.07, 6.45) is 0.399. The second kappa shape index (κ2) is 4.90. The highest BCUT2D eigenvalue weighted by molar-refractivity contribution is 6.36. The van der Waals surface area contributed by atoms with Gasteiger partial charge in [0.1, 0.15) is 5.76 Å². The van der Waals surface area contributed by atoms with Crippen molar-refractivity contribution in [3.63, 3.8) is 0 Å². The molecule has 18 heavy (non-hydrogen) atoms. The molecule has 0 radical (unpaired) electrons. The van der Waals surface area contributed by atoms with E-state index >= 15 is 0 Å². The van der Waals surface area contributed by atoms with E-state index < -0.39 is 5.97 Å². The van der Waals surface area contributed by atoms with Crippen molar-refractivity contribution in [2.75, 3.05) is 7.11 Å². The molecule has 0 saturated carbocycles. The van der Waals surface area contributed by atoms with Crippen LogP contribution in [-0.2, 0) is 11.2 Å². The Balaban J connectivity index is 2.53. The summed E-state index contributed by atoms with van der Waals surface area (Å²) in [4.78, 5) is 10.6. The Morgan fingerprint density at radius 2 is 2.22 bits per heavy atom. The normalized spacial score (nSPS) is 10.8. The summed E-state index contributed by atoms with van der Waals surface area (Å²) in [7, 11) is 1.54. The molecule has 96 valence electrons. The number of hydrogen-bond donors (Lipinski definition) is 1. The number of halogens is 1. The predicted octanol–water partition coefficient (Wildman–Crippen LogP) is 3.42. The summed E-state index contributed by atoms with van der Waals surface area (Å²) in [5, 5.41) is 10.0. The van der Waals surface area contributed by atoms with E-state index in [0.717, 1.165) is 16.7 Å². The number of ether oxygens (including phenoxy) is 1. The molecule has 0 unspecified atom stereocenters. The fourth-order valence-corrected chi connectivity index (χ4v) is 2.18. The molecule has 1 aromatic carbocycles. The smallest absolute Gasteiger partial charge is 0.303 e. The third-order valence-corrected chi connectivity index (χ3v) is 3.18. The largest absolute Gasteiger partial charge is 0.493 e. The average Bonchev–Trinajstić information content (AvgIpc) is 2.70. The van der Waals surface area contributed by atoms with Gasteiger partial charge in [-0.1, -0.05) is 11.6 Å². The molecule has 5 heteroatoms. The van der Waals surface area contributed by atoms with E-state index in [1.807, 2.05) is 13.0 Å². The maximum Gasteiger partial charge on any atom is 0.303 e. The van der Waals surface area contributed by atoms with Crippen LogP contribution >= 0.6 is 11.6 Å². The number of furan rings is 1. The van der Waals surface area contributed by atoms with Crippen molar-refractivity contribution in [2.24, 2.45) is 0 Å². The number of fused-ring (bicyclic) bond motifs is 1. The third-order valence-electron chi connectivity index (χ3n) is 2.73. The number of aliphatic carboxylic acids is 1. The number of hydrogen-bond acceptors (Lipinski definition) is 3. The van der Waals surface area contributed by atoms with E-state index in [-0.39, 0.29) is 6.42 Å². The van der Waals surface area contributed by atoms with Gasteiger partial charge in [0.05, 0.1) is 12.1 Å². The van der Waals surface area contributed by atoms with E-state index in [1.165, 1.54) is 0 Å². The molecule has 0 atom stereocenters. The summed E-state index contributed by atoms with van der Waals surface area (Å²) >= 11 is 6.26. The van der Waals surface area contributed by atoms with Gasteiger partial charge in [-0.05, 0) is 31.0 Å². The van der Waals surface area contributed by atoms with E-state index in [1.54, 1.807) is 13.2 Å². The SMILES string of the molecule is COc1cc(CCC(=O)O)c(Cl)c2cc(C)oc12. The minimum Gasteiger partial charge on any atom is -0.493 e. The molecule has 1 aromatic heterocycles. The Morgan fingerprint density at radius 3 is 2.83 bits per heavy atom. The molecule has 0 aliphatic heterocycles. The van der Waals surface area contributed by atoms with Crippen LogP contribution in [0.3, 0.4) is 0 Å². The van der Waals surface area contributed by atoms with Crippen LogP contribution in [-0.4, -0.2) is 18.2 Å². The number of carbonyl (C=O) groups is 1. The van der Waals surface area contributed by atoms with Crippen LogP contribution in [0, 0.1) is 6.92 Å². The Morgan fingerprint density at radius 1 is 1.50 bits per heavy atom. The van der Waals surface area contributed by atoms with E-state index in [2.05, 4.69) is 0 Å². The van der Waals surface area contributed by atoms with E-state index in [4.69, 9.17) is 25.9 Å². The summed E-state index contributed by atoms with van der Waals surface area (Å²) in [5.74, 6) is 0.456. The maximum absolute atomic E-state index is 10.6. The lowest BCUT2D eigenvalue weighted by Gasteiger charge is -2.07. The van der Waals surface area contributed by atoms with Crippen LogP contribution in [0.25, 0.3) is 11.0 Å². The highest BCUT2D eigenvalue weighted by Crippen LogP contribution is 2.37. The fraction of sp³-hybridized carbons (Fsp3) is 0.308. The van der Waals surface area contributed by atoms with Crippen LogP contribution in [0.5, 0.6) is 5.75 Å². The Labute approximate surface area is 109 Å². The number of carboxylic acids is 1. The number of carboxylic acid groups (broad SMARTS) is 1. The van der Waals surface area contributed by atoms with E-state index in [9.17, 15) is 4.79 Å². The average molecular weight is 269 g/mol. The molecule has 0 spiro atoms. The molecule has 4 nitrogen and oxygen atoms in total. The first-order chi connectivity index (χ1) is 8.52. The zero-order chi connectivity index (χ0) is 13.3. The number of aryl methyl sites for hydroxylation is 2. The standard InChI is InChI=1S/C13H13ClO4/c1-7-5-9-12(14)8(3-4-11(15)16)6-10(17-2)13(9)18-7/h5-6H,3-4H2,1-2H3,(H,15,16). The molecule has 0 aliphatic rings. The highest BCUT2D eigenvalue weighted by Gasteiger charge is 2.15. The second-order valence-electron chi connectivity index (χ2n) is 4.05. The molecular formula is C13H13ClO4. The summed E-state index contributed by atoms with van der Waals surface area (Å²) in [6, 6.07) is 3.56. The monoisotopic (exact) mass is 268 g/mol. The Hall–Kier alpha value is -1.68.